The largest absolute Gasteiger partial charge is 0.507 e. The van der Waals surface area contributed by atoms with Crippen molar-refractivity contribution < 1.29 is 24.0 Å². The fourth-order valence-electron chi connectivity index (χ4n) is 8.39. The number of aromatic hydroxyl groups is 1. The number of rotatable bonds is 11. The molecule has 2 aromatic heterocycles. The summed E-state index contributed by atoms with van der Waals surface area (Å²) in [5.74, 6) is 2.26. The standard InChI is InChI=1S/C26H29N5O2.C20H18N4O3/c1-16(2)32-24-9-6-17(14-18(24)15-27)26-30-25(31-33-26)22-5-3-4-21-20(22)7-8-23(21)29-19-10-12-28-13-11-19;21-11-13-10-12(4-7-18(13)26)20-23-19(24-27-20)16-3-1-2-15-14(16)5-6-17(15)22-8-9-25/h3-6,9,14,16,19,23,28-29H,7-8,10-13H2,1-2H3;1-4,7,10,17,22,25-26H,5-6,8-9H2. The molecule has 2 unspecified atom stereocenters. The number of nitrogens with zero attached hydrogens (tertiary/aromatic N) is 6. The Balaban J connectivity index is 0.000000170. The van der Waals surface area contributed by atoms with Crippen LogP contribution in [-0.4, -0.2) is 68.9 Å². The molecule has 306 valence electrons. The van der Waals surface area contributed by atoms with Gasteiger partial charge in [-0.1, -0.05) is 46.7 Å². The molecule has 0 spiro atoms. The lowest BCUT2D eigenvalue weighted by molar-refractivity contribution is 0.241. The summed E-state index contributed by atoms with van der Waals surface area (Å²) in [5.41, 5.74) is 8.88. The normalized spacial score (nSPS) is 17.0. The molecule has 14 heteroatoms. The topological polar surface area (TPSA) is 211 Å². The van der Waals surface area contributed by atoms with Gasteiger partial charge < -0.3 is 39.9 Å². The van der Waals surface area contributed by atoms with E-state index in [1.165, 1.54) is 47.2 Å². The summed E-state index contributed by atoms with van der Waals surface area (Å²) in [5, 5.41) is 56.3. The van der Waals surface area contributed by atoms with E-state index in [0.29, 0.717) is 64.5 Å². The Bertz CT molecular complexity index is 2550. The van der Waals surface area contributed by atoms with Crippen LogP contribution >= 0.6 is 0 Å². The van der Waals surface area contributed by atoms with Crippen molar-refractivity contribution in [3.05, 3.63) is 106 Å². The fourth-order valence-corrected chi connectivity index (χ4v) is 8.39. The van der Waals surface area contributed by atoms with Crippen molar-refractivity contribution in [2.75, 3.05) is 26.2 Å². The van der Waals surface area contributed by atoms with Crippen LogP contribution < -0.4 is 20.7 Å². The molecule has 9 rings (SSSR count). The van der Waals surface area contributed by atoms with Crippen molar-refractivity contribution in [3.8, 4) is 69.3 Å². The lowest BCUT2D eigenvalue weighted by Gasteiger charge is -2.27. The van der Waals surface area contributed by atoms with Gasteiger partial charge >= 0.3 is 0 Å². The van der Waals surface area contributed by atoms with Crippen molar-refractivity contribution in [3.63, 3.8) is 0 Å². The second-order valence-electron chi connectivity index (χ2n) is 15.5. The molecule has 0 bridgehead atoms. The SMILES string of the molecule is CC(C)Oc1ccc(-c2nc(-c3cccc4c3CCC4NC3CCNCC3)no2)cc1C#N.N#Cc1cc(-c2nc(-c3cccc4c3CCC4NCCO)no2)ccc1O. The molecule has 3 aliphatic rings. The average Bonchev–Trinajstić information content (AvgIpc) is 4.11. The quantitative estimate of drug-likeness (QED) is 0.0898. The van der Waals surface area contributed by atoms with Gasteiger partial charge in [-0.3, -0.25) is 0 Å². The third-order valence-corrected chi connectivity index (χ3v) is 11.2. The summed E-state index contributed by atoms with van der Waals surface area (Å²) < 4.78 is 16.7. The smallest absolute Gasteiger partial charge is 0.258 e. The van der Waals surface area contributed by atoms with Gasteiger partial charge in [-0.25, -0.2) is 0 Å². The maximum absolute atomic E-state index is 9.65. The maximum Gasteiger partial charge on any atom is 0.258 e. The van der Waals surface area contributed by atoms with Gasteiger partial charge in [-0.05, 0) is 124 Å². The van der Waals surface area contributed by atoms with Gasteiger partial charge in [-0.2, -0.15) is 20.5 Å². The van der Waals surface area contributed by atoms with E-state index in [2.05, 4.69) is 66.6 Å². The van der Waals surface area contributed by atoms with E-state index in [0.717, 1.165) is 49.9 Å². The first-order valence-electron chi connectivity index (χ1n) is 20.5. The Morgan fingerprint density at radius 3 is 1.97 bits per heavy atom. The highest BCUT2D eigenvalue weighted by Crippen LogP contribution is 2.39. The van der Waals surface area contributed by atoms with Gasteiger partial charge in [0.05, 0.1) is 23.8 Å². The Morgan fingerprint density at radius 2 is 1.37 bits per heavy atom. The number of phenolic OH excluding ortho intramolecular Hbond substituents is 1. The van der Waals surface area contributed by atoms with Crippen molar-refractivity contribution in [1.29, 1.82) is 10.5 Å². The van der Waals surface area contributed by atoms with Crippen molar-refractivity contribution in [2.45, 2.75) is 76.6 Å². The number of aliphatic hydroxyl groups excluding tert-OH is 1. The zero-order chi connectivity index (χ0) is 41.6. The van der Waals surface area contributed by atoms with E-state index in [1.807, 2.05) is 38.1 Å². The van der Waals surface area contributed by atoms with Gasteiger partial charge in [0.2, 0.25) is 11.6 Å². The molecule has 4 aromatic carbocycles. The minimum Gasteiger partial charge on any atom is -0.507 e. The molecule has 5 N–H and O–H groups in total. The van der Waals surface area contributed by atoms with Crippen molar-refractivity contribution >= 4 is 0 Å². The minimum absolute atomic E-state index is 0.00812. The van der Waals surface area contributed by atoms with E-state index in [-0.39, 0.29) is 30.1 Å². The summed E-state index contributed by atoms with van der Waals surface area (Å²) in [6.45, 7) is 6.70. The van der Waals surface area contributed by atoms with Gasteiger partial charge in [-0.15, -0.1) is 0 Å². The predicted octanol–water partition coefficient (Wildman–Crippen LogP) is 6.94. The first kappa shape index (κ1) is 40.4. The Hall–Kier alpha value is -6.42. The first-order valence-corrected chi connectivity index (χ1v) is 20.5. The van der Waals surface area contributed by atoms with Gasteiger partial charge in [0.25, 0.3) is 11.8 Å². The summed E-state index contributed by atoms with van der Waals surface area (Å²) in [6, 6.07) is 27.7. The predicted molar refractivity (Wildman–Crippen MR) is 223 cm³/mol. The third-order valence-electron chi connectivity index (χ3n) is 11.2. The lowest BCUT2D eigenvalue weighted by Crippen LogP contribution is -2.41. The molecular formula is C46H47N9O5. The fraction of sp³-hybridized carbons (Fsp3) is 0.348. The molecule has 14 nitrogen and oxygen atoms in total. The number of ether oxygens (including phenoxy) is 1. The Morgan fingerprint density at radius 1 is 0.783 bits per heavy atom. The number of piperidine rings is 1. The second kappa shape index (κ2) is 18.2. The number of aliphatic hydroxyl groups is 1. The zero-order valence-electron chi connectivity index (χ0n) is 33.6. The van der Waals surface area contributed by atoms with E-state index in [9.17, 15) is 10.4 Å². The van der Waals surface area contributed by atoms with Crippen LogP contribution in [0.25, 0.3) is 45.7 Å². The van der Waals surface area contributed by atoms with Crippen LogP contribution in [0.5, 0.6) is 11.5 Å². The molecule has 0 amide bonds. The highest BCUT2D eigenvalue weighted by atomic mass is 16.5. The van der Waals surface area contributed by atoms with E-state index < -0.39 is 0 Å². The molecule has 60 heavy (non-hydrogen) atoms. The Kier molecular flexibility index (Phi) is 12.3. The molecule has 1 fully saturated rings. The number of nitriles is 2. The molecule has 6 aromatic rings. The van der Waals surface area contributed by atoms with Crippen LogP contribution in [0.15, 0.2) is 81.8 Å². The first-order chi connectivity index (χ1) is 29.3. The molecule has 0 radical (unpaired) electrons. The summed E-state index contributed by atoms with van der Waals surface area (Å²) in [7, 11) is 0. The summed E-state index contributed by atoms with van der Waals surface area (Å²) in [6.07, 6.45) is 6.28. The maximum atomic E-state index is 9.65. The number of phenols is 1. The number of nitrogens with one attached hydrogen (secondary N) is 3. The number of aromatic nitrogens is 4. The summed E-state index contributed by atoms with van der Waals surface area (Å²) in [4.78, 5) is 9.17. The molecule has 1 aliphatic heterocycles. The zero-order valence-corrected chi connectivity index (χ0v) is 33.6. The van der Waals surface area contributed by atoms with E-state index >= 15 is 0 Å². The van der Waals surface area contributed by atoms with Gasteiger partial charge in [0.15, 0.2) is 0 Å². The summed E-state index contributed by atoms with van der Waals surface area (Å²) >= 11 is 0. The number of benzene rings is 4. The Labute approximate surface area is 348 Å². The van der Waals surface area contributed by atoms with Crippen LogP contribution in [0, 0.1) is 22.7 Å². The van der Waals surface area contributed by atoms with Crippen LogP contribution in [0.2, 0.25) is 0 Å². The van der Waals surface area contributed by atoms with E-state index in [1.54, 1.807) is 18.2 Å². The van der Waals surface area contributed by atoms with Crippen LogP contribution in [-0.2, 0) is 12.8 Å². The monoisotopic (exact) mass is 805 g/mol. The molecule has 3 heterocycles. The molecule has 2 atom stereocenters. The minimum atomic E-state index is -0.0803. The van der Waals surface area contributed by atoms with Crippen LogP contribution in [0.4, 0.5) is 0 Å². The van der Waals surface area contributed by atoms with Gasteiger partial charge in [0, 0.05) is 46.9 Å². The number of fused-ring (bicyclic) bond motifs is 2. The third kappa shape index (κ3) is 8.64. The van der Waals surface area contributed by atoms with Crippen molar-refractivity contribution in [1.82, 2.24) is 36.2 Å². The van der Waals surface area contributed by atoms with Crippen LogP contribution in [0.3, 0.4) is 0 Å². The number of hydrogen-bond donors (Lipinski definition) is 5. The lowest BCUT2D eigenvalue weighted by atomic mass is 10.00. The highest BCUT2D eigenvalue weighted by Gasteiger charge is 2.29. The second-order valence-corrected chi connectivity index (χ2v) is 15.5. The van der Waals surface area contributed by atoms with Crippen LogP contribution in [0.1, 0.15) is 85.0 Å². The van der Waals surface area contributed by atoms with Gasteiger partial charge in [0.1, 0.15) is 23.6 Å². The molecular weight excluding hydrogens is 759 g/mol. The number of hydrogen-bond acceptors (Lipinski definition) is 14. The van der Waals surface area contributed by atoms with Crippen molar-refractivity contribution in [2.24, 2.45) is 0 Å². The average molecular weight is 806 g/mol. The molecule has 2 aliphatic carbocycles. The highest BCUT2D eigenvalue weighted by molar-refractivity contribution is 5.68. The van der Waals surface area contributed by atoms with E-state index in [4.69, 9.17) is 24.2 Å². The molecule has 1 saturated heterocycles. The molecule has 0 saturated carbocycles.